The second kappa shape index (κ2) is 3.51. The van der Waals surface area contributed by atoms with Crippen LogP contribution in [0.3, 0.4) is 0 Å². The zero-order valence-corrected chi connectivity index (χ0v) is 6.85. The molecule has 1 aromatic heterocycles. The molecule has 3 nitrogen and oxygen atoms in total. The molecule has 0 saturated heterocycles. The van der Waals surface area contributed by atoms with Crippen LogP contribution in [0, 0.1) is 0 Å². The smallest absolute Gasteiger partial charge is 0.0797 e. The van der Waals surface area contributed by atoms with Gasteiger partial charge in [-0.3, -0.25) is 0 Å². The van der Waals surface area contributed by atoms with Crippen LogP contribution in [0.2, 0.25) is 0 Å². The lowest BCUT2D eigenvalue weighted by Gasteiger charge is -1.98. The van der Waals surface area contributed by atoms with Gasteiger partial charge in [-0.2, -0.15) is 0 Å². The molecule has 0 unspecified atom stereocenters. The second-order valence-electron chi connectivity index (χ2n) is 1.80. The first-order chi connectivity index (χ1) is 4.88. The third-order valence-electron chi connectivity index (χ3n) is 1.23. The highest BCUT2D eigenvalue weighted by molar-refractivity contribution is 7.98. The van der Waals surface area contributed by atoms with Gasteiger partial charge in [0.25, 0.3) is 0 Å². The number of aromatic nitrogens is 3. The van der Waals surface area contributed by atoms with E-state index < -0.39 is 0 Å². The molecule has 1 rings (SSSR count). The summed E-state index contributed by atoms with van der Waals surface area (Å²) in [7, 11) is 0. The number of rotatable bonds is 2. The number of aryl methyl sites for hydroxylation is 1. The van der Waals surface area contributed by atoms with Gasteiger partial charge >= 0.3 is 0 Å². The molecule has 4 heteroatoms. The van der Waals surface area contributed by atoms with Gasteiger partial charge in [-0.1, -0.05) is 6.92 Å². The molecule has 54 valence electrons. The number of hydrogen-bond acceptors (Lipinski definition) is 4. The van der Waals surface area contributed by atoms with Crippen molar-refractivity contribution in [1.29, 1.82) is 0 Å². The number of nitrogens with zero attached hydrogens (tertiary/aromatic N) is 3. The van der Waals surface area contributed by atoms with Gasteiger partial charge in [-0.05, 0) is 17.9 Å². The minimum absolute atomic E-state index is 0.922. The average molecular weight is 155 g/mol. The molecule has 0 atom stereocenters. The largest absolute Gasteiger partial charge is 0.138 e. The third kappa shape index (κ3) is 1.44. The SMILES string of the molecule is CCc1nnncc1SC. The maximum Gasteiger partial charge on any atom is 0.0797 e. The Kier molecular flexibility index (Phi) is 2.62. The minimum atomic E-state index is 0.922. The fourth-order valence-electron chi connectivity index (χ4n) is 0.697. The summed E-state index contributed by atoms with van der Waals surface area (Å²) in [5, 5.41) is 11.1. The summed E-state index contributed by atoms with van der Waals surface area (Å²) in [6.45, 7) is 2.06. The summed E-state index contributed by atoms with van der Waals surface area (Å²) in [6.07, 6.45) is 4.68. The number of thioether (sulfide) groups is 1. The van der Waals surface area contributed by atoms with Crippen molar-refractivity contribution < 1.29 is 0 Å². The van der Waals surface area contributed by atoms with Crippen molar-refractivity contribution in [3.8, 4) is 0 Å². The molecule has 1 heterocycles. The van der Waals surface area contributed by atoms with E-state index in [9.17, 15) is 0 Å². The van der Waals surface area contributed by atoms with E-state index in [1.807, 2.05) is 6.26 Å². The van der Waals surface area contributed by atoms with Crippen molar-refractivity contribution in [2.24, 2.45) is 0 Å². The van der Waals surface area contributed by atoms with Crippen LogP contribution in [-0.2, 0) is 6.42 Å². The van der Waals surface area contributed by atoms with Crippen LogP contribution in [0.4, 0.5) is 0 Å². The molecule has 0 amide bonds. The van der Waals surface area contributed by atoms with Gasteiger partial charge in [0, 0.05) is 0 Å². The quantitative estimate of drug-likeness (QED) is 0.601. The Bertz CT molecular complexity index is 191. The Hall–Kier alpha value is -0.640. The summed E-state index contributed by atoms with van der Waals surface area (Å²) in [5.74, 6) is 0. The lowest BCUT2D eigenvalue weighted by molar-refractivity contribution is 0.779. The van der Waals surface area contributed by atoms with E-state index >= 15 is 0 Å². The van der Waals surface area contributed by atoms with Gasteiger partial charge in [-0.25, -0.2) is 0 Å². The highest BCUT2D eigenvalue weighted by Gasteiger charge is 1.98. The predicted molar refractivity (Wildman–Crippen MR) is 41.0 cm³/mol. The zero-order chi connectivity index (χ0) is 7.40. The average Bonchev–Trinajstić information content (AvgIpc) is 2.04. The van der Waals surface area contributed by atoms with E-state index in [2.05, 4.69) is 22.3 Å². The van der Waals surface area contributed by atoms with Crippen LogP contribution < -0.4 is 0 Å². The Morgan fingerprint density at radius 1 is 1.60 bits per heavy atom. The Labute approximate surface area is 64.2 Å². The van der Waals surface area contributed by atoms with Crippen LogP contribution in [0.15, 0.2) is 11.1 Å². The van der Waals surface area contributed by atoms with E-state index in [1.165, 1.54) is 0 Å². The van der Waals surface area contributed by atoms with Crippen molar-refractivity contribution in [2.45, 2.75) is 18.2 Å². The molecule has 0 saturated carbocycles. The molecule has 0 N–H and O–H groups in total. The van der Waals surface area contributed by atoms with Crippen molar-refractivity contribution >= 4 is 11.8 Å². The first-order valence-electron chi connectivity index (χ1n) is 3.09. The van der Waals surface area contributed by atoms with Crippen LogP contribution in [-0.4, -0.2) is 21.7 Å². The molecule has 0 radical (unpaired) electrons. The maximum atomic E-state index is 3.89. The molecule has 1 aromatic rings. The lowest BCUT2D eigenvalue weighted by atomic mass is 10.3. The second-order valence-corrected chi connectivity index (χ2v) is 2.65. The van der Waals surface area contributed by atoms with Crippen LogP contribution >= 0.6 is 11.8 Å². The van der Waals surface area contributed by atoms with Gasteiger partial charge in [0.05, 0.1) is 16.8 Å². The highest BCUT2D eigenvalue weighted by Crippen LogP contribution is 2.15. The van der Waals surface area contributed by atoms with Gasteiger partial charge in [0.15, 0.2) is 0 Å². The summed E-state index contributed by atoms with van der Waals surface area (Å²) in [5.41, 5.74) is 1.03. The van der Waals surface area contributed by atoms with Crippen LogP contribution in [0.1, 0.15) is 12.6 Å². The first-order valence-corrected chi connectivity index (χ1v) is 4.32. The summed E-state index contributed by atoms with van der Waals surface area (Å²) < 4.78 is 0. The number of hydrogen-bond donors (Lipinski definition) is 0. The molecular formula is C6H9N3S. The molecule has 0 spiro atoms. The predicted octanol–water partition coefficient (Wildman–Crippen LogP) is 1.16. The van der Waals surface area contributed by atoms with E-state index in [4.69, 9.17) is 0 Å². The molecular weight excluding hydrogens is 146 g/mol. The summed E-state index contributed by atoms with van der Waals surface area (Å²) in [4.78, 5) is 1.12. The van der Waals surface area contributed by atoms with Gasteiger partial charge in [-0.15, -0.1) is 22.0 Å². The maximum absolute atomic E-state index is 3.89. The molecule has 0 aromatic carbocycles. The molecule has 0 aliphatic heterocycles. The van der Waals surface area contributed by atoms with E-state index in [0.717, 1.165) is 17.0 Å². The van der Waals surface area contributed by atoms with Crippen LogP contribution in [0.25, 0.3) is 0 Å². The topological polar surface area (TPSA) is 38.7 Å². The standard InChI is InChI=1S/C6H9N3S/c1-3-5-6(10-2)4-7-9-8-5/h4H,3H2,1-2H3. The summed E-state index contributed by atoms with van der Waals surface area (Å²) in [6, 6.07) is 0. The van der Waals surface area contributed by atoms with Gasteiger partial charge in [0.2, 0.25) is 0 Å². The Balaban J connectivity index is 2.96. The molecule has 0 bridgehead atoms. The third-order valence-corrected chi connectivity index (χ3v) is 2.01. The summed E-state index contributed by atoms with van der Waals surface area (Å²) >= 11 is 1.65. The molecule has 0 aliphatic carbocycles. The molecule has 0 aliphatic rings. The van der Waals surface area contributed by atoms with E-state index in [1.54, 1.807) is 18.0 Å². The molecule has 0 fully saturated rings. The van der Waals surface area contributed by atoms with Crippen molar-refractivity contribution in [3.05, 3.63) is 11.9 Å². The highest BCUT2D eigenvalue weighted by atomic mass is 32.2. The Morgan fingerprint density at radius 3 is 2.90 bits per heavy atom. The normalized spacial score (nSPS) is 9.80. The first kappa shape index (κ1) is 7.47. The van der Waals surface area contributed by atoms with Gasteiger partial charge < -0.3 is 0 Å². The monoisotopic (exact) mass is 155 g/mol. The fourth-order valence-corrected chi connectivity index (χ4v) is 1.27. The lowest BCUT2D eigenvalue weighted by Crippen LogP contribution is -1.95. The van der Waals surface area contributed by atoms with E-state index in [-0.39, 0.29) is 0 Å². The van der Waals surface area contributed by atoms with Crippen molar-refractivity contribution in [1.82, 2.24) is 15.4 Å². The Morgan fingerprint density at radius 2 is 2.40 bits per heavy atom. The molecule has 10 heavy (non-hydrogen) atoms. The van der Waals surface area contributed by atoms with Crippen molar-refractivity contribution in [3.63, 3.8) is 0 Å². The zero-order valence-electron chi connectivity index (χ0n) is 6.03. The van der Waals surface area contributed by atoms with Crippen LogP contribution in [0.5, 0.6) is 0 Å². The van der Waals surface area contributed by atoms with Crippen molar-refractivity contribution in [2.75, 3.05) is 6.26 Å². The van der Waals surface area contributed by atoms with E-state index in [0.29, 0.717) is 0 Å². The minimum Gasteiger partial charge on any atom is -0.138 e. The van der Waals surface area contributed by atoms with Gasteiger partial charge in [0.1, 0.15) is 0 Å². The fraction of sp³-hybridized carbons (Fsp3) is 0.500.